The fourth-order valence-corrected chi connectivity index (χ4v) is 4.24. The molecule has 5 rings (SSSR count). The fraction of sp³-hybridized carbons (Fsp3) is 0.0323. The van der Waals surface area contributed by atoms with Gasteiger partial charge in [0.1, 0.15) is 0 Å². The Hall–Kier alpha value is -4.10. The minimum atomic E-state index is 1.18. The number of rotatable bonds is 5. The molecule has 0 heterocycles. The highest BCUT2D eigenvalue weighted by Gasteiger charge is 2.14. The van der Waals surface area contributed by atoms with E-state index >= 15 is 0 Å². The van der Waals surface area contributed by atoms with Gasteiger partial charge in [0.25, 0.3) is 0 Å². The maximum absolute atomic E-state index is 2.29. The second kappa shape index (κ2) is 8.95. The van der Waals surface area contributed by atoms with Crippen LogP contribution in [0.5, 0.6) is 0 Å². The Morgan fingerprint density at radius 1 is 0.344 bits per heavy atom. The Morgan fingerprint density at radius 3 is 1.22 bits per heavy atom. The van der Waals surface area contributed by atoms with Crippen LogP contribution in [0.25, 0.3) is 33.4 Å². The third-order valence-electron chi connectivity index (χ3n) is 5.92. The van der Waals surface area contributed by atoms with Crippen molar-refractivity contribution in [3.05, 3.63) is 133 Å². The predicted octanol–water partition coefficient (Wildman–Crippen LogP) is 8.46. The van der Waals surface area contributed by atoms with Crippen LogP contribution in [-0.2, 0) is 0 Å². The Morgan fingerprint density at radius 2 is 0.688 bits per heavy atom. The lowest BCUT2D eigenvalue weighted by Crippen LogP contribution is -2.11. The Bertz CT molecular complexity index is 1310. The molecule has 1 nitrogen and oxygen atoms in total. The Balaban J connectivity index is 1.54. The van der Waals surface area contributed by atoms with Gasteiger partial charge in [-0.3, -0.25) is 0 Å². The van der Waals surface area contributed by atoms with E-state index in [1.165, 1.54) is 44.8 Å². The summed E-state index contributed by atoms with van der Waals surface area (Å²) in [6, 6.07) is 47.2. The summed E-state index contributed by atoms with van der Waals surface area (Å²) in [4.78, 5) is 2.29. The van der Waals surface area contributed by atoms with Crippen molar-refractivity contribution in [2.45, 2.75) is 0 Å². The molecule has 0 unspecified atom stereocenters. The monoisotopic (exact) mass is 411 g/mol. The highest BCUT2D eigenvalue weighted by Crippen LogP contribution is 2.39. The van der Waals surface area contributed by atoms with Crippen molar-refractivity contribution >= 4 is 11.4 Å². The average molecular weight is 412 g/mol. The molecule has 5 aromatic carbocycles. The molecular weight excluding hydrogens is 386 g/mol. The van der Waals surface area contributed by atoms with Crippen molar-refractivity contribution in [3.8, 4) is 33.4 Å². The second-order valence-electron chi connectivity index (χ2n) is 7.90. The number of hydrogen-bond donors (Lipinski definition) is 0. The molecule has 0 radical (unpaired) electrons. The smallest absolute Gasteiger partial charge is 0.0487 e. The molecule has 32 heavy (non-hydrogen) atoms. The van der Waals surface area contributed by atoms with Crippen molar-refractivity contribution < 1.29 is 0 Å². The van der Waals surface area contributed by atoms with Crippen LogP contribution in [-0.4, -0.2) is 7.05 Å². The van der Waals surface area contributed by atoms with Gasteiger partial charge in [0.2, 0.25) is 0 Å². The number of para-hydroxylation sites is 2. The highest BCUT2D eigenvalue weighted by atomic mass is 15.1. The fourth-order valence-electron chi connectivity index (χ4n) is 4.24. The second-order valence-corrected chi connectivity index (χ2v) is 7.90. The molecule has 0 bridgehead atoms. The quantitative estimate of drug-likeness (QED) is 0.280. The highest BCUT2D eigenvalue weighted by molar-refractivity contribution is 5.88. The zero-order valence-corrected chi connectivity index (χ0v) is 18.1. The van der Waals surface area contributed by atoms with E-state index in [0.717, 1.165) is 0 Å². The van der Waals surface area contributed by atoms with Crippen molar-refractivity contribution in [1.29, 1.82) is 0 Å². The largest absolute Gasteiger partial charge is 0.344 e. The van der Waals surface area contributed by atoms with Crippen LogP contribution in [0.1, 0.15) is 0 Å². The molecule has 0 atom stereocenters. The molecule has 0 N–H and O–H groups in total. The van der Waals surface area contributed by atoms with Gasteiger partial charge in [0, 0.05) is 29.5 Å². The zero-order chi connectivity index (χ0) is 21.8. The molecule has 5 aromatic rings. The van der Waals surface area contributed by atoms with Gasteiger partial charge in [-0.15, -0.1) is 0 Å². The van der Waals surface area contributed by atoms with Crippen LogP contribution in [0.4, 0.5) is 11.4 Å². The minimum absolute atomic E-state index is 1.18. The van der Waals surface area contributed by atoms with Gasteiger partial charge >= 0.3 is 0 Å². The summed E-state index contributed by atoms with van der Waals surface area (Å²) >= 11 is 0. The Kier molecular flexibility index (Phi) is 5.55. The summed E-state index contributed by atoms with van der Waals surface area (Å²) in [5.74, 6) is 0. The van der Waals surface area contributed by atoms with Gasteiger partial charge in [0.05, 0.1) is 0 Å². The molecule has 154 valence electrons. The summed E-state index contributed by atoms with van der Waals surface area (Å²) in [7, 11) is 2.15. The van der Waals surface area contributed by atoms with Crippen LogP contribution < -0.4 is 4.90 Å². The van der Waals surface area contributed by atoms with Crippen LogP contribution in [0, 0.1) is 0 Å². The molecule has 0 saturated heterocycles. The number of nitrogens with zero attached hydrogens (tertiary/aromatic N) is 1. The van der Waals surface area contributed by atoms with Crippen molar-refractivity contribution in [2.75, 3.05) is 11.9 Å². The molecule has 0 aliphatic rings. The zero-order valence-electron chi connectivity index (χ0n) is 18.1. The van der Waals surface area contributed by atoms with Gasteiger partial charge in [0.15, 0.2) is 0 Å². The van der Waals surface area contributed by atoms with Crippen LogP contribution in [0.15, 0.2) is 133 Å². The van der Waals surface area contributed by atoms with E-state index in [4.69, 9.17) is 0 Å². The van der Waals surface area contributed by atoms with E-state index in [9.17, 15) is 0 Å². The molecule has 0 aliphatic heterocycles. The van der Waals surface area contributed by atoms with Gasteiger partial charge < -0.3 is 4.90 Å². The van der Waals surface area contributed by atoms with Crippen molar-refractivity contribution in [1.82, 2.24) is 0 Å². The topological polar surface area (TPSA) is 3.24 Å². The molecule has 1 heteroatoms. The molecule has 0 amide bonds. The number of hydrogen-bond acceptors (Lipinski definition) is 1. The summed E-state index contributed by atoms with van der Waals surface area (Å²) in [6.45, 7) is 0. The third kappa shape index (κ3) is 3.93. The van der Waals surface area contributed by atoms with E-state index in [1.54, 1.807) is 0 Å². The van der Waals surface area contributed by atoms with Gasteiger partial charge in [-0.05, 0) is 34.4 Å². The standard InChI is InChI=1S/C31H25N/c1-32(30-18-10-8-16-28(30)26-14-6-3-7-15-26)31-19-11-9-17-29(31)27-22-20-25(21-23-27)24-12-4-2-5-13-24/h2-23H,1H3. The first-order chi connectivity index (χ1) is 15.8. The molecular formula is C31H25N. The van der Waals surface area contributed by atoms with Crippen molar-refractivity contribution in [3.63, 3.8) is 0 Å². The van der Waals surface area contributed by atoms with Gasteiger partial charge in [-0.25, -0.2) is 0 Å². The molecule has 0 spiro atoms. The van der Waals surface area contributed by atoms with Crippen LogP contribution in [0.2, 0.25) is 0 Å². The Labute approximate surface area is 190 Å². The van der Waals surface area contributed by atoms with Gasteiger partial charge in [-0.1, -0.05) is 121 Å². The van der Waals surface area contributed by atoms with E-state index < -0.39 is 0 Å². The van der Waals surface area contributed by atoms with E-state index in [0.29, 0.717) is 0 Å². The van der Waals surface area contributed by atoms with Gasteiger partial charge in [-0.2, -0.15) is 0 Å². The number of anilines is 2. The van der Waals surface area contributed by atoms with E-state index in [-0.39, 0.29) is 0 Å². The number of benzene rings is 5. The lowest BCUT2D eigenvalue weighted by atomic mass is 9.98. The molecule has 0 aromatic heterocycles. The lowest BCUT2D eigenvalue weighted by molar-refractivity contribution is 1.21. The maximum Gasteiger partial charge on any atom is 0.0487 e. The molecule has 0 saturated carbocycles. The van der Waals surface area contributed by atoms with Crippen LogP contribution >= 0.6 is 0 Å². The van der Waals surface area contributed by atoms with Crippen LogP contribution in [0.3, 0.4) is 0 Å². The average Bonchev–Trinajstić information content (AvgIpc) is 2.89. The predicted molar refractivity (Wildman–Crippen MR) is 137 cm³/mol. The normalized spacial score (nSPS) is 10.7. The van der Waals surface area contributed by atoms with E-state index in [1.807, 2.05) is 0 Å². The first-order valence-corrected chi connectivity index (χ1v) is 10.9. The minimum Gasteiger partial charge on any atom is -0.344 e. The summed E-state index contributed by atoms with van der Waals surface area (Å²) in [5.41, 5.74) is 9.72. The first kappa shape index (κ1) is 19.8. The first-order valence-electron chi connectivity index (χ1n) is 10.9. The summed E-state index contributed by atoms with van der Waals surface area (Å²) in [5, 5.41) is 0. The molecule has 0 fully saturated rings. The summed E-state index contributed by atoms with van der Waals surface area (Å²) in [6.07, 6.45) is 0. The third-order valence-corrected chi connectivity index (χ3v) is 5.92. The van der Waals surface area contributed by atoms with Crippen molar-refractivity contribution in [2.24, 2.45) is 0 Å². The summed E-state index contributed by atoms with van der Waals surface area (Å²) < 4.78 is 0. The van der Waals surface area contributed by atoms with E-state index in [2.05, 4.69) is 145 Å². The maximum atomic E-state index is 2.29. The molecule has 0 aliphatic carbocycles. The SMILES string of the molecule is CN(c1ccccc1-c1ccccc1)c1ccccc1-c1ccc(-c2ccccc2)cc1. The lowest BCUT2D eigenvalue weighted by Gasteiger charge is -2.25.